The van der Waals surface area contributed by atoms with E-state index in [4.69, 9.17) is 17.2 Å². The molecule has 12 nitrogen and oxygen atoms in total. The van der Waals surface area contributed by atoms with Crippen LogP contribution in [0.2, 0.25) is 0 Å². The predicted molar refractivity (Wildman–Crippen MR) is 124 cm³/mol. The fraction of sp³-hybridized carbons (Fsp3) is 0.500. The first-order valence-electron chi connectivity index (χ1n) is 11.0. The Balaban J connectivity index is 2.71. The van der Waals surface area contributed by atoms with Crippen LogP contribution < -0.4 is 33.2 Å². The van der Waals surface area contributed by atoms with E-state index in [-0.39, 0.29) is 25.7 Å². The molecule has 12 heteroatoms. The Bertz CT molecular complexity index is 834. The summed E-state index contributed by atoms with van der Waals surface area (Å²) in [5.74, 6) is -3.76. The van der Waals surface area contributed by atoms with Gasteiger partial charge in [0.25, 0.3) is 0 Å². The summed E-state index contributed by atoms with van der Waals surface area (Å²) in [6, 6.07) is 5.60. The number of hydrogen-bond acceptors (Lipinski definition) is 7. The van der Waals surface area contributed by atoms with Crippen LogP contribution in [0.5, 0.6) is 0 Å². The third-order valence-electron chi connectivity index (χ3n) is 4.96. The highest BCUT2D eigenvalue weighted by atomic mass is 16.4. The Morgan fingerprint density at radius 3 is 2.18 bits per heavy atom. The number of amides is 4. The van der Waals surface area contributed by atoms with Gasteiger partial charge in [0.2, 0.25) is 23.6 Å². The Hall–Kier alpha value is -3.51. The number of aliphatic carboxylic acids is 1. The van der Waals surface area contributed by atoms with Gasteiger partial charge in [0.15, 0.2) is 0 Å². The van der Waals surface area contributed by atoms with Crippen LogP contribution in [-0.2, 0) is 30.4 Å². The number of carbonyl (C=O) groups excluding carboxylic acids is 4. The number of carboxylic acids is 1. The first-order valence-corrected chi connectivity index (χ1v) is 11.0. The lowest BCUT2D eigenvalue weighted by atomic mass is 10.0. The fourth-order valence-electron chi connectivity index (χ4n) is 3.06. The third-order valence-corrected chi connectivity index (χ3v) is 4.96. The van der Waals surface area contributed by atoms with Crippen LogP contribution in [0.1, 0.15) is 37.7 Å². The summed E-state index contributed by atoms with van der Waals surface area (Å²) in [4.78, 5) is 59.6. The molecule has 0 saturated heterocycles. The Kier molecular flexibility index (Phi) is 12.9. The number of carboxylic acid groups (broad SMARTS) is 1. The van der Waals surface area contributed by atoms with Crippen molar-refractivity contribution in [2.24, 2.45) is 17.2 Å². The van der Waals surface area contributed by atoms with E-state index >= 15 is 0 Å². The zero-order valence-corrected chi connectivity index (χ0v) is 19.0. The van der Waals surface area contributed by atoms with Crippen LogP contribution in [0.15, 0.2) is 30.3 Å². The molecule has 0 fully saturated rings. The molecular formula is C22H34N6O6. The molecule has 4 amide bonds. The number of carbonyl (C=O) groups is 5. The molecule has 0 bridgehead atoms. The van der Waals surface area contributed by atoms with Crippen molar-refractivity contribution < 1.29 is 29.1 Å². The Morgan fingerprint density at radius 1 is 0.912 bits per heavy atom. The maximum atomic E-state index is 12.8. The van der Waals surface area contributed by atoms with Crippen molar-refractivity contribution in [1.82, 2.24) is 16.0 Å². The van der Waals surface area contributed by atoms with Gasteiger partial charge in [-0.3, -0.25) is 19.2 Å². The van der Waals surface area contributed by atoms with Gasteiger partial charge in [-0.2, -0.15) is 0 Å². The molecule has 0 aliphatic carbocycles. The molecule has 34 heavy (non-hydrogen) atoms. The molecule has 1 aromatic carbocycles. The quantitative estimate of drug-likeness (QED) is 0.133. The van der Waals surface area contributed by atoms with E-state index < -0.39 is 54.3 Å². The summed E-state index contributed by atoms with van der Waals surface area (Å²) in [6.45, 7) is -0.0521. The fourth-order valence-corrected chi connectivity index (χ4v) is 3.06. The average molecular weight is 479 g/mol. The van der Waals surface area contributed by atoms with Gasteiger partial charge in [-0.1, -0.05) is 30.3 Å². The average Bonchev–Trinajstić information content (AvgIpc) is 2.80. The van der Waals surface area contributed by atoms with Crippen LogP contribution >= 0.6 is 0 Å². The molecule has 10 N–H and O–H groups in total. The van der Waals surface area contributed by atoms with Gasteiger partial charge in [-0.15, -0.1) is 0 Å². The summed E-state index contributed by atoms with van der Waals surface area (Å²) < 4.78 is 0. The first kappa shape index (κ1) is 28.5. The van der Waals surface area contributed by atoms with Gasteiger partial charge in [-0.25, -0.2) is 4.79 Å². The lowest BCUT2D eigenvalue weighted by molar-refractivity contribution is -0.142. The second kappa shape index (κ2) is 15.3. The van der Waals surface area contributed by atoms with Crippen molar-refractivity contribution in [1.29, 1.82) is 0 Å². The Labute approximate surface area is 198 Å². The minimum absolute atomic E-state index is 0.0326. The monoisotopic (exact) mass is 478 g/mol. The zero-order chi connectivity index (χ0) is 25.5. The summed E-state index contributed by atoms with van der Waals surface area (Å²) in [5.41, 5.74) is 16.9. The summed E-state index contributed by atoms with van der Waals surface area (Å²) >= 11 is 0. The number of rotatable bonds is 16. The van der Waals surface area contributed by atoms with Crippen LogP contribution in [0.4, 0.5) is 0 Å². The molecule has 0 aliphatic rings. The molecule has 0 saturated carbocycles. The smallest absolute Gasteiger partial charge is 0.326 e. The topological polar surface area (TPSA) is 220 Å². The van der Waals surface area contributed by atoms with E-state index in [0.29, 0.717) is 19.4 Å². The molecule has 3 atom stereocenters. The standard InChI is InChI=1S/C22H34N6O6/c23-11-5-4-8-16(27-19(30)13-26-20(31)15(24)9-10-18(25)29)21(32)28-17(22(33)34)12-14-6-2-1-3-7-14/h1-3,6-7,15-17H,4-5,8-13,23-24H2,(H2,25,29)(H,26,31)(H,27,30)(H,28,32)(H,33,34). The van der Waals surface area contributed by atoms with Crippen LogP contribution in [0.25, 0.3) is 0 Å². The van der Waals surface area contributed by atoms with E-state index in [1.165, 1.54) is 0 Å². The molecule has 0 radical (unpaired) electrons. The van der Waals surface area contributed by atoms with Crippen LogP contribution in [0, 0.1) is 0 Å². The van der Waals surface area contributed by atoms with E-state index in [0.717, 1.165) is 5.56 Å². The van der Waals surface area contributed by atoms with Crippen molar-refractivity contribution in [3.8, 4) is 0 Å². The summed E-state index contributed by atoms with van der Waals surface area (Å²) in [5, 5.41) is 16.9. The number of hydrogen-bond donors (Lipinski definition) is 7. The van der Waals surface area contributed by atoms with Gasteiger partial charge in [0.05, 0.1) is 12.6 Å². The first-order chi connectivity index (χ1) is 16.1. The van der Waals surface area contributed by atoms with Gasteiger partial charge in [0.1, 0.15) is 12.1 Å². The number of unbranched alkanes of at least 4 members (excludes halogenated alkanes) is 1. The molecule has 0 aliphatic heterocycles. The molecule has 3 unspecified atom stereocenters. The van der Waals surface area contributed by atoms with E-state index in [9.17, 15) is 29.1 Å². The molecule has 1 aromatic rings. The predicted octanol–water partition coefficient (Wildman–Crippen LogP) is -1.88. The van der Waals surface area contributed by atoms with Gasteiger partial charge in [0, 0.05) is 12.8 Å². The number of nitrogens with two attached hydrogens (primary N) is 3. The van der Waals surface area contributed by atoms with Crippen molar-refractivity contribution in [2.75, 3.05) is 13.1 Å². The highest BCUT2D eigenvalue weighted by molar-refractivity contribution is 5.92. The number of primary amides is 1. The van der Waals surface area contributed by atoms with E-state index in [1.54, 1.807) is 30.3 Å². The third kappa shape index (κ3) is 11.4. The van der Waals surface area contributed by atoms with Crippen molar-refractivity contribution in [3.63, 3.8) is 0 Å². The maximum absolute atomic E-state index is 12.8. The zero-order valence-electron chi connectivity index (χ0n) is 19.0. The second-order valence-corrected chi connectivity index (χ2v) is 7.82. The number of benzene rings is 1. The minimum Gasteiger partial charge on any atom is -0.480 e. The lowest BCUT2D eigenvalue weighted by Crippen LogP contribution is -2.54. The van der Waals surface area contributed by atoms with Crippen LogP contribution in [-0.4, -0.2) is 65.9 Å². The van der Waals surface area contributed by atoms with E-state index in [1.807, 2.05) is 0 Å². The molecule has 0 heterocycles. The summed E-state index contributed by atoms with van der Waals surface area (Å²) in [6.07, 6.45) is 1.40. The molecule has 188 valence electrons. The van der Waals surface area contributed by atoms with Crippen molar-refractivity contribution in [2.45, 2.75) is 56.7 Å². The second-order valence-electron chi connectivity index (χ2n) is 7.82. The van der Waals surface area contributed by atoms with Gasteiger partial charge < -0.3 is 38.3 Å². The molecular weight excluding hydrogens is 444 g/mol. The molecule has 0 aromatic heterocycles. The Morgan fingerprint density at radius 2 is 1.59 bits per heavy atom. The van der Waals surface area contributed by atoms with Crippen molar-refractivity contribution in [3.05, 3.63) is 35.9 Å². The minimum atomic E-state index is -1.21. The summed E-state index contributed by atoms with van der Waals surface area (Å²) in [7, 11) is 0. The SMILES string of the molecule is NCCCCC(NC(=O)CNC(=O)C(N)CCC(N)=O)C(=O)NC(Cc1ccccc1)C(=O)O. The lowest BCUT2D eigenvalue weighted by Gasteiger charge is -2.22. The normalized spacial score (nSPS) is 13.2. The van der Waals surface area contributed by atoms with Crippen LogP contribution in [0.3, 0.4) is 0 Å². The highest BCUT2D eigenvalue weighted by Crippen LogP contribution is 2.06. The maximum Gasteiger partial charge on any atom is 0.326 e. The largest absolute Gasteiger partial charge is 0.480 e. The molecule has 1 rings (SSSR count). The highest BCUT2D eigenvalue weighted by Gasteiger charge is 2.27. The molecule has 0 spiro atoms. The van der Waals surface area contributed by atoms with Crippen molar-refractivity contribution >= 4 is 29.6 Å². The van der Waals surface area contributed by atoms with Gasteiger partial charge in [-0.05, 0) is 37.8 Å². The van der Waals surface area contributed by atoms with E-state index in [2.05, 4.69) is 16.0 Å². The van der Waals surface area contributed by atoms with Gasteiger partial charge >= 0.3 is 5.97 Å². The number of nitrogens with one attached hydrogen (secondary N) is 3.